The molecule has 35 heavy (non-hydrogen) atoms. The summed E-state index contributed by atoms with van der Waals surface area (Å²) in [5.41, 5.74) is 4.35. The number of hydrogen-bond acceptors (Lipinski definition) is 6. The molecule has 2 aromatic carbocycles. The van der Waals surface area contributed by atoms with Gasteiger partial charge in [-0.2, -0.15) is 0 Å². The second-order valence-corrected chi connectivity index (χ2v) is 9.54. The Morgan fingerprint density at radius 2 is 1.77 bits per heavy atom. The van der Waals surface area contributed by atoms with E-state index in [0.29, 0.717) is 17.4 Å². The molecule has 0 bridgehead atoms. The Balaban J connectivity index is 1.27. The molecule has 3 N–H and O–H groups in total. The first-order valence-electron chi connectivity index (χ1n) is 11.5. The van der Waals surface area contributed by atoms with Gasteiger partial charge < -0.3 is 16.0 Å². The van der Waals surface area contributed by atoms with Gasteiger partial charge in [0.05, 0.1) is 17.0 Å². The number of benzene rings is 2. The van der Waals surface area contributed by atoms with Crippen molar-refractivity contribution in [1.29, 1.82) is 0 Å². The van der Waals surface area contributed by atoms with Crippen LogP contribution in [0.25, 0.3) is 10.4 Å². The Morgan fingerprint density at radius 3 is 2.57 bits per heavy atom. The predicted octanol–water partition coefficient (Wildman–Crippen LogP) is 5.79. The van der Waals surface area contributed by atoms with Crippen molar-refractivity contribution >= 4 is 45.5 Å². The number of anilines is 4. The van der Waals surface area contributed by atoms with Crippen LogP contribution in [0.1, 0.15) is 24.1 Å². The zero-order chi connectivity index (χ0) is 24.2. The maximum Gasteiger partial charge on any atom is 0.230 e. The molecule has 1 saturated carbocycles. The molecule has 5 rings (SSSR count). The van der Waals surface area contributed by atoms with E-state index in [9.17, 15) is 9.59 Å². The monoisotopic (exact) mass is 483 g/mol. The summed E-state index contributed by atoms with van der Waals surface area (Å²) in [6.07, 6.45) is 3.98. The molecular formula is C27H25N5O2S. The third-order valence-electron chi connectivity index (χ3n) is 5.62. The number of carbonyl (C=O) groups excluding carboxylic acids is 2. The van der Waals surface area contributed by atoms with E-state index >= 15 is 0 Å². The molecule has 0 spiro atoms. The highest BCUT2D eigenvalue weighted by molar-refractivity contribution is 7.19. The van der Waals surface area contributed by atoms with Crippen molar-refractivity contribution in [3.05, 3.63) is 84.2 Å². The lowest BCUT2D eigenvalue weighted by Gasteiger charge is -2.10. The van der Waals surface area contributed by atoms with Crippen LogP contribution >= 0.6 is 11.3 Å². The van der Waals surface area contributed by atoms with Gasteiger partial charge in [0.25, 0.3) is 0 Å². The molecule has 0 unspecified atom stereocenters. The molecule has 1 aliphatic rings. The lowest BCUT2D eigenvalue weighted by atomic mass is 10.1. The summed E-state index contributed by atoms with van der Waals surface area (Å²) in [5.74, 6) is 0.813. The van der Waals surface area contributed by atoms with E-state index in [-0.39, 0.29) is 17.7 Å². The number of carbonyl (C=O) groups is 2. The Bertz CT molecular complexity index is 1370. The van der Waals surface area contributed by atoms with Gasteiger partial charge >= 0.3 is 0 Å². The number of aryl methyl sites for hydroxylation is 1. The second-order valence-electron chi connectivity index (χ2n) is 8.54. The second kappa shape index (κ2) is 10.1. The molecule has 176 valence electrons. The van der Waals surface area contributed by atoms with Crippen LogP contribution in [0.15, 0.2) is 72.9 Å². The number of rotatable bonds is 8. The van der Waals surface area contributed by atoms with Gasteiger partial charge in [-0.1, -0.05) is 47.7 Å². The average molecular weight is 484 g/mol. The van der Waals surface area contributed by atoms with Gasteiger partial charge in [-0.25, -0.2) is 9.97 Å². The van der Waals surface area contributed by atoms with E-state index < -0.39 is 0 Å². The van der Waals surface area contributed by atoms with E-state index in [4.69, 9.17) is 0 Å². The summed E-state index contributed by atoms with van der Waals surface area (Å²) in [5, 5.41) is 9.76. The fourth-order valence-corrected chi connectivity index (χ4v) is 4.69. The topological polar surface area (TPSA) is 96.0 Å². The average Bonchev–Trinajstić information content (AvgIpc) is 3.63. The number of pyridine rings is 1. The van der Waals surface area contributed by atoms with Gasteiger partial charge in [0, 0.05) is 23.5 Å². The van der Waals surface area contributed by atoms with E-state index in [0.717, 1.165) is 45.9 Å². The van der Waals surface area contributed by atoms with Crippen LogP contribution < -0.4 is 16.0 Å². The highest BCUT2D eigenvalue weighted by Gasteiger charge is 2.29. The van der Waals surface area contributed by atoms with Gasteiger partial charge in [0.1, 0.15) is 5.82 Å². The van der Waals surface area contributed by atoms with Crippen molar-refractivity contribution in [3.8, 4) is 10.4 Å². The van der Waals surface area contributed by atoms with Crippen LogP contribution in [0, 0.1) is 12.8 Å². The molecule has 4 aromatic rings. The molecule has 2 heterocycles. The SMILES string of the molecule is Cc1nc(NC(=O)Cc2ccccc2)sc1-c1ccnc(Nc2cccc(NC(=O)C3CC3)c2)c1. The molecule has 7 nitrogen and oxygen atoms in total. The molecule has 8 heteroatoms. The largest absolute Gasteiger partial charge is 0.340 e. The van der Waals surface area contributed by atoms with Gasteiger partial charge in [0.15, 0.2) is 5.13 Å². The van der Waals surface area contributed by atoms with Crippen LogP contribution in [-0.2, 0) is 16.0 Å². The number of nitrogens with zero attached hydrogens (tertiary/aromatic N) is 2. The Hall–Kier alpha value is -4.04. The maximum atomic E-state index is 12.4. The minimum absolute atomic E-state index is 0.0783. The first kappa shape index (κ1) is 22.7. The predicted molar refractivity (Wildman–Crippen MR) is 140 cm³/mol. The third-order valence-corrected chi connectivity index (χ3v) is 6.75. The minimum atomic E-state index is -0.0951. The molecule has 0 atom stereocenters. The van der Waals surface area contributed by atoms with Crippen LogP contribution in [0.5, 0.6) is 0 Å². The molecular weight excluding hydrogens is 458 g/mol. The Labute approximate surface area is 207 Å². The molecule has 0 radical (unpaired) electrons. The highest BCUT2D eigenvalue weighted by Crippen LogP contribution is 2.34. The normalized spacial score (nSPS) is 12.7. The smallest absolute Gasteiger partial charge is 0.230 e. The summed E-state index contributed by atoms with van der Waals surface area (Å²) in [7, 11) is 0. The fourth-order valence-electron chi connectivity index (χ4n) is 3.72. The molecule has 2 amide bonds. The van der Waals surface area contributed by atoms with Crippen LogP contribution in [0.2, 0.25) is 0 Å². The summed E-state index contributed by atoms with van der Waals surface area (Å²) in [6.45, 7) is 1.93. The van der Waals surface area contributed by atoms with Crippen molar-refractivity contribution in [1.82, 2.24) is 9.97 Å². The molecule has 0 aliphatic heterocycles. The van der Waals surface area contributed by atoms with Crippen LogP contribution in [0.3, 0.4) is 0 Å². The van der Waals surface area contributed by atoms with E-state index in [1.54, 1.807) is 6.20 Å². The zero-order valence-electron chi connectivity index (χ0n) is 19.2. The van der Waals surface area contributed by atoms with Gasteiger partial charge in [-0.15, -0.1) is 0 Å². The molecule has 0 saturated heterocycles. The van der Waals surface area contributed by atoms with Crippen molar-refractivity contribution in [3.63, 3.8) is 0 Å². The van der Waals surface area contributed by atoms with E-state index in [1.807, 2.05) is 73.7 Å². The molecule has 2 aromatic heterocycles. The van der Waals surface area contributed by atoms with Crippen molar-refractivity contribution in [2.24, 2.45) is 5.92 Å². The standard InChI is InChI=1S/C27H25N5O2S/c1-17-25(35-27(29-17)32-24(33)14-18-6-3-2-4-7-18)20-12-13-28-23(15-20)30-21-8-5-9-22(16-21)31-26(34)19-10-11-19/h2-9,12-13,15-16,19H,10-11,14H2,1H3,(H,28,30)(H,31,34)(H,29,32,33). The van der Waals surface area contributed by atoms with E-state index in [2.05, 4.69) is 25.9 Å². The van der Waals surface area contributed by atoms with Crippen molar-refractivity contribution in [2.45, 2.75) is 26.2 Å². The number of hydrogen-bond donors (Lipinski definition) is 3. The summed E-state index contributed by atoms with van der Waals surface area (Å²) >= 11 is 1.44. The lowest BCUT2D eigenvalue weighted by Crippen LogP contribution is -2.14. The Kier molecular flexibility index (Phi) is 6.54. The van der Waals surface area contributed by atoms with Gasteiger partial charge in [-0.3, -0.25) is 9.59 Å². The van der Waals surface area contributed by atoms with E-state index in [1.165, 1.54) is 11.3 Å². The number of amides is 2. The number of aromatic nitrogens is 2. The van der Waals surface area contributed by atoms with Crippen molar-refractivity contribution in [2.75, 3.05) is 16.0 Å². The number of nitrogens with one attached hydrogen (secondary N) is 3. The minimum Gasteiger partial charge on any atom is -0.340 e. The molecule has 1 aliphatic carbocycles. The van der Waals surface area contributed by atoms with Gasteiger partial charge in [-0.05, 0) is 61.2 Å². The van der Waals surface area contributed by atoms with Gasteiger partial charge in [0.2, 0.25) is 11.8 Å². The fraction of sp³-hybridized carbons (Fsp3) is 0.185. The summed E-state index contributed by atoms with van der Waals surface area (Å²) in [4.78, 5) is 34.5. The first-order valence-corrected chi connectivity index (χ1v) is 12.3. The summed E-state index contributed by atoms with van der Waals surface area (Å²) in [6, 6.07) is 21.1. The third kappa shape index (κ3) is 5.91. The van der Waals surface area contributed by atoms with Crippen molar-refractivity contribution < 1.29 is 9.59 Å². The maximum absolute atomic E-state index is 12.4. The quantitative estimate of drug-likeness (QED) is 0.295. The Morgan fingerprint density at radius 1 is 0.971 bits per heavy atom. The van der Waals surface area contributed by atoms with Crippen LogP contribution in [-0.4, -0.2) is 21.8 Å². The lowest BCUT2D eigenvalue weighted by molar-refractivity contribution is -0.117. The van der Waals surface area contributed by atoms with Crippen LogP contribution in [0.4, 0.5) is 22.3 Å². The highest BCUT2D eigenvalue weighted by atomic mass is 32.1. The molecule has 1 fully saturated rings. The number of thiazole rings is 1. The zero-order valence-corrected chi connectivity index (χ0v) is 20.1. The first-order chi connectivity index (χ1) is 17.0. The summed E-state index contributed by atoms with van der Waals surface area (Å²) < 4.78 is 0.